The molecule has 0 aromatic rings. The van der Waals surface area contributed by atoms with Gasteiger partial charge in [-0.1, -0.05) is 52.8 Å². The molecule has 0 aromatic heterocycles. The Morgan fingerprint density at radius 1 is 1.03 bits per heavy atom. The lowest BCUT2D eigenvalue weighted by atomic mass is 9.91. The van der Waals surface area contributed by atoms with Crippen molar-refractivity contribution in [2.45, 2.75) is 97.7 Å². The van der Waals surface area contributed by atoms with Crippen LogP contribution in [-0.4, -0.2) is 88.0 Å². The van der Waals surface area contributed by atoms with E-state index < -0.39 is 0 Å². The minimum absolute atomic E-state index is 0.000136. The van der Waals surface area contributed by atoms with Crippen LogP contribution < -0.4 is 0 Å². The number of hydrogen-bond acceptors (Lipinski definition) is 7. The first-order chi connectivity index (χ1) is 16.4. The Morgan fingerprint density at radius 2 is 1.62 bits per heavy atom. The van der Waals surface area contributed by atoms with Crippen LogP contribution in [0.2, 0.25) is 0 Å². The maximum absolute atomic E-state index is 10.5. The molecule has 1 fully saturated rings. The average Bonchev–Trinajstić information content (AvgIpc) is 2.90. The summed E-state index contributed by atoms with van der Waals surface area (Å²) in [5, 5.41) is 24.5. The fraction of sp³-hybridized carbons (Fsp3) is 0.852. The molecule has 206 valence electrons. The van der Waals surface area contributed by atoms with Gasteiger partial charge in [0.15, 0.2) is 0 Å². The van der Waals surface area contributed by atoms with Gasteiger partial charge >= 0.3 is 0 Å². The molecule has 0 amide bonds. The van der Waals surface area contributed by atoms with Gasteiger partial charge in [0.2, 0.25) is 0 Å². The molecule has 1 aliphatic rings. The number of methoxy groups -OCH3 is 3. The van der Waals surface area contributed by atoms with Gasteiger partial charge in [-0.25, -0.2) is 0 Å². The number of hydrogen-bond donors (Lipinski definition) is 3. The molecule has 7 heteroatoms. The van der Waals surface area contributed by atoms with Crippen molar-refractivity contribution in [2.24, 2.45) is 11.8 Å². The van der Waals surface area contributed by atoms with Gasteiger partial charge in [-0.05, 0) is 37.7 Å². The van der Waals surface area contributed by atoms with Crippen LogP contribution >= 0.6 is 0 Å². The van der Waals surface area contributed by atoms with Crippen LogP contribution in [0.3, 0.4) is 0 Å². The second kappa shape index (κ2) is 25.3. The molecule has 0 saturated carbocycles. The lowest BCUT2D eigenvalue weighted by Gasteiger charge is -2.35. The van der Waals surface area contributed by atoms with Gasteiger partial charge in [0.25, 0.3) is 0 Å². The number of aliphatic hydroxyl groups is 3. The predicted molar refractivity (Wildman–Crippen MR) is 141 cm³/mol. The van der Waals surface area contributed by atoms with Crippen LogP contribution in [0.5, 0.6) is 0 Å². The summed E-state index contributed by atoms with van der Waals surface area (Å²) < 4.78 is 22.4. The second-order valence-electron chi connectivity index (χ2n) is 8.08. The molecule has 0 bridgehead atoms. The highest BCUT2D eigenvalue weighted by Crippen LogP contribution is 2.25. The van der Waals surface area contributed by atoms with E-state index in [1.54, 1.807) is 21.3 Å². The quantitative estimate of drug-likeness (QED) is 0.348. The van der Waals surface area contributed by atoms with Gasteiger partial charge in [-0.15, -0.1) is 0 Å². The lowest BCUT2D eigenvalue weighted by molar-refractivity contribution is -0.129. The third kappa shape index (κ3) is 15.2. The van der Waals surface area contributed by atoms with Gasteiger partial charge < -0.3 is 34.3 Å². The Balaban J connectivity index is -0.00000148. The highest BCUT2D eigenvalue weighted by atomic mass is 16.6. The Bertz CT molecular complexity index is 478. The number of ether oxygens (including phenoxy) is 4. The number of rotatable bonds is 12. The molecule has 1 rings (SSSR count). The van der Waals surface area contributed by atoms with Crippen LogP contribution in [0.4, 0.5) is 0 Å². The zero-order valence-corrected chi connectivity index (χ0v) is 23.8. The molecular formula is C27H56O7. The predicted octanol–water partition coefficient (Wildman–Crippen LogP) is 4.39. The number of allylic oxidation sites excluding steroid dienone is 2. The van der Waals surface area contributed by atoms with Crippen molar-refractivity contribution < 1.29 is 34.3 Å². The molecule has 1 heterocycles. The van der Waals surface area contributed by atoms with Gasteiger partial charge in [-0.2, -0.15) is 0 Å². The van der Waals surface area contributed by atoms with Gasteiger partial charge in [-0.3, -0.25) is 0 Å². The minimum atomic E-state index is -0.345. The minimum Gasteiger partial charge on any atom is -0.400 e. The Morgan fingerprint density at radius 3 is 2.09 bits per heavy atom. The zero-order valence-electron chi connectivity index (χ0n) is 23.8. The van der Waals surface area contributed by atoms with Crippen molar-refractivity contribution in [3.05, 3.63) is 23.8 Å². The van der Waals surface area contributed by atoms with Crippen molar-refractivity contribution in [2.75, 3.05) is 42.2 Å². The molecule has 7 atom stereocenters. The van der Waals surface area contributed by atoms with Crippen LogP contribution in [0.15, 0.2) is 23.8 Å². The largest absolute Gasteiger partial charge is 0.400 e. The Hall–Kier alpha value is -0.800. The van der Waals surface area contributed by atoms with Crippen molar-refractivity contribution in [1.29, 1.82) is 0 Å². The van der Waals surface area contributed by atoms with E-state index in [0.717, 1.165) is 45.5 Å². The smallest absolute Gasteiger partial charge is 0.105 e. The topological polar surface area (TPSA) is 97.6 Å². The maximum Gasteiger partial charge on any atom is 0.105 e. The first-order valence-corrected chi connectivity index (χ1v) is 12.5. The first-order valence-electron chi connectivity index (χ1n) is 12.5. The third-order valence-electron chi connectivity index (χ3n) is 6.02. The third-order valence-corrected chi connectivity index (χ3v) is 6.02. The second-order valence-corrected chi connectivity index (χ2v) is 8.08. The van der Waals surface area contributed by atoms with Crippen molar-refractivity contribution >= 4 is 0 Å². The SMILES string of the molecule is CC.CCC(OC)C(C)CCC(O)C(C)/C=C/C=C(\C)C1OCC(OC)CC1OC.CO.CO. The van der Waals surface area contributed by atoms with Crippen LogP contribution in [0.1, 0.15) is 67.2 Å². The molecule has 34 heavy (non-hydrogen) atoms. The molecule has 0 spiro atoms. The number of aliphatic hydroxyl groups excluding tert-OH is 3. The molecule has 0 radical (unpaired) electrons. The zero-order chi connectivity index (χ0) is 27.1. The normalized spacial score (nSPS) is 23.8. The summed E-state index contributed by atoms with van der Waals surface area (Å²) in [7, 11) is 7.19. The van der Waals surface area contributed by atoms with Crippen LogP contribution in [-0.2, 0) is 18.9 Å². The highest BCUT2D eigenvalue weighted by molar-refractivity contribution is 5.17. The lowest BCUT2D eigenvalue weighted by Crippen LogP contribution is -2.43. The molecule has 3 N–H and O–H groups in total. The maximum atomic E-state index is 10.5. The van der Waals surface area contributed by atoms with E-state index in [-0.39, 0.29) is 36.4 Å². The van der Waals surface area contributed by atoms with Crippen molar-refractivity contribution in [3.63, 3.8) is 0 Å². The van der Waals surface area contributed by atoms with Crippen molar-refractivity contribution in [1.82, 2.24) is 0 Å². The van der Waals surface area contributed by atoms with E-state index in [2.05, 4.69) is 39.8 Å². The van der Waals surface area contributed by atoms with E-state index in [0.29, 0.717) is 12.5 Å². The summed E-state index contributed by atoms with van der Waals surface area (Å²) in [5.41, 5.74) is 1.12. The fourth-order valence-electron chi connectivity index (χ4n) is 3.87. The van der Waals surface area contributed by atoms with E-state index >= 15 is 0 Å². The van der Waals surface area contributed by atoms with E-state index in [1.807, 2.05) is 19.9 Å². The summed E-state index contributed by atoms with van der Waals surface area (Å²) in [6.07, 6.45) is 9.70. The standard InChI is InChI=1S/C23H42O5.C2H6.2CH4O/c1-8-21(26-6)17(3)12-13-20(24)16(2)10-9-11-18(4)23-22(27-7)14-19(25-5)15-28-23;3*1-2/h9-11,16-17,19-24H,8,12-15H2,1-7H3;1-2H3;2*2H,1H3/b10-9+,18-11+;;;. The average molecular weight is 493 g/mol. The Labute approximate surface area is 210 Å². The molecule has 0 aromatic carbocycles. The van der Waals surface area contributed by atoms with Gasteiger partial charge in [0, 0.05) is 47.9 Å². The molecule has 7 nitrogen and oxygen atoms in total. The van der Waals surface area contributed by atoms with E-state index in [4.69, 9.17) is 29.2 Å². The summed E-state index contributed by atoms with van der Waals surface area (Å²) in [4.78, 5) is 0. The fourth-order valence-corrected chi connectivity index (χ4v) is 3.87. The molecular weight excluding hydrogens is 436 g/mol. The van der Waals surface area contributed by atoms with Crippen LogP contribution in [0, 0.1) is 11.8 Å². The van der Waals surface area contributed by atoms with Crippen LogP contribution in [0.25, 0.3) is 0 Å². The van der Waals surface area contributed by atoms with Gasteiger partial charge in [0.1, 0.15) is 6.10 Å². The summed E-state index contributed by atoms with van der Waals surface area (Å²) in [6.45, 7) is 13.0. The molecule has 1 aliphatic heterocycles. The molecule has 1 saturated heterocycles. The summed E-state index contributed by atoms with van der Waals surface area (Å²) in [5.74, 6) is 0.551. The molecule has 7 unspecified atom stereocenters. The van der Waals surface area contributed by atoms with Crippen molar-refractivity contribution in [3.8, 4) is 0 Å². The first kappa shape index (κ1) is 37.7. The summed E-state index contributed by atoms with van der Waals surface area (Å²) >= 11 is 0. The highest BCUT2D eigenvalue weighted by Gasteiger charge is 2.32. The summed E-state index contributed by atoms with van der Waals surface area (Å²) in [6, 6.07) is 0. The molecule has 0 aliphatic carbocycles. The van der Waals surface area contributed by atoms with E-state index in [1.165, 1.54) is 0 Å². The monoisotopic (exact) mass is 492 g/mol. The van der Waals surface area contributed by atoms with E-state index in [9.17, 15) is 5.11 Å². The van der Waals surface area contributed by atoms with Gasteiger partial charge in [0.05, 0.1) is 31.0 Å². The Kier molecular flexibility index (Phi) is 28.1.